The molecule has 0 unspecified atom stereocenters. The van der Waals surface area contributed by atoms with Gasteiger partial charge < -0.3 is 20.1 Å². The largest absolute Gasteiger partial charge is 0.355 e. The van der Waals surface area contributed by atoms with E-state index in [9.17, 15) is 0 Å². The minimum Gasteiger partial charge on any atom is -0.355 e. The number of aromatic nitrogens is 1. The van der Waals surface area contributed by atoms with Gasteiger partial charge in [-0.25, -0.2) is 0 Å². The Labute approximate surface area is 162 Å². The van der Waals surface area contributed by atoms with Crippen LogP contribution in [0, 0.1) is 0 Å². The fourth-order valence-corrected chi connectivity index (χ4v) is 2.38. The van der Waals surface area contributed by atoms with Crippen LogP contribution in [-0.2, 0) is 13.1 Å². The average molecular weight is 441 g/mol. The first-order valence-corrected chi connectivity index (χ1v) is 8.05. The topological polar surface area (TPSA) is 44.6 Å². The Morgan fingerprint density at radius 1 is 1.04 bits per heavy atom. The van der Waals surface area contributed by atoms with E-state index in [1.54, 1.807) is 7.05 Å². The van der Waals surface area contributed by atoms with E-state index in [0.717, 1.165) is 38.7 Å². The van der Waals surface area contributed by atoms with Crippen LogP contribution in [-0.4, -0.2) is 49.2 Å². The Hall–Kier alpha value is -1.54. The minimum atomic E-state index is 0. The van der Waals surface area contributed by atoms with Gasteiger partial charge in [-0.1, -0.05) is 30.3 Å². The van der Waals surface area contributed by atoms with Gasteiger partial charge in [0.2, 0.25) is 0 Å². The molecule has 0 aliphatic heterocycles. The lowest BCUT2D eigenvalue weighted by atomic mass is 10.2. The summed E-state index contributed by atoms with van der Waals surface area (Å²) in [6.07, 6.45) is 4.13. The first kappa shape index (κ1) is 20.5. The van der Waals surface area contributed by atoms with Crippen molar-refractivity contribution in [1.29, 1.82) is 0 Å². The van der Waals surface area contributed by atoms with Crippen LogP contribution < -0.4 is 10.6 Å². The number of likely N-dealkylation sites (N-methyl/N-ethyl adjacent to an activating group) is 1. The molecule has 6 heteroatoms. The zero-order valence-electron chi connectivity index (χ0n) is 14.5. The van der Waals surface area contributed by atoms with E-state index in [0.29, 0.717) is 0 Å². The van der Waals surface area contributed by atoms with Crippen molar-refractivity contribution in [2.45, 2.75) is 13.1 Å². The van der Waals surface area contributed by atoms with Crippen molar-refractivity contribution >= 4 is 29.9 Å². The van der Waals surface area contributed by atoms with Gasteiger partial charge in [0, 0.05) is 52.2 Å². The molecule has 0 saturated heterocycles. The summed E-state index contributed by atoms with van der Waals surface area (Å²) in [5, 5.41) is 6.68. The fourth-order valence-electron chi connectivity index (χ4n) is 2.38. The number of aliphatic imine (C=N–C) groups is 1. The number of guanidine groups is 1. The van der Waals surface area contributed by atoms with E-state index >= 15 is 0 Å². The second kappa shape index (κ2) is 11.9. The van der Waals surface area contributed by atoms with Crippen LogP contribution in [0.2, 0.25) is 0 Å². The van der Waals surface area contributed by atoms with Crippen molar-refractivity contribution in [3.05, 3.63) is 60.4 Å². The SMILES string of the molecule is CN=C(NCCN(C)Cc1ccccc1)NCCn1cccc1.I. The number of rotatable bonds is 8. The number of hydrogen-bond acceptors (Lipinski definition) is 2. The molecule has 2 aromatic rings. The van der Waals surface area contributed by atoms with Gasteiger partial charge >= 0.3 is 0 Å². The maximum atomic E-state index is 4.25. The van der Waals surface area contributed by atoms with Crippen LogP contribution in [0.4, 0.5) is 0 Å². The van der Waals surface area contributed by atoms with Crippen molar-refractivity contribution in [3.8, 4) is 0 Å². The minimum absolute atomic E-state index is 0. The molecule has 0 saturated carbocycles. The Morgan fingerprint density at radius 2 is 1.71 bits per heavy atom. The van der Waals surface area contributed by atoms with Gasteiger partial charge in [0.05, 0.1) is 0 Å². The highest BCUT2D eigenvalue weighted by Crippen LogP contribution is 2.01. The number of benzene rings is 1. The highest BCUT2D eigenvalue weighted by molar-refractivity contribution is 14.0. The van der Waals surface area contributed by atoms with E-state index in [1.165, 1.54) is 5.56 Å². The molecule has 132 valence electrons. The van der Waals surface area contributed by atoms with Gasteiger partial charge in [0.25, 0.3) is 0 Å². The summed E-state index contributed by atoms with van der Waals surface area (Å²) in [6.45, 7) is 4.58. The van der Waals surface area contributed by atoms with Gasteiger partial charge in [0.15, 0.2) is 5.96 Å². The molecule has 1 aromatic heterocycles. The molecule has 5 nitrogen and oxygen atoms in total. The first-order chi connectivity index (χ1) is 11.3. The van der Waals surface area contributed by atoms with Crippen LogP contribution in [0.15, 0.2) is 59.9 Å². The van der Waals surface area contributed by atoms with E-state index in [4.69, 9.17) is 0 Å². The monoisotopic (exact) mass is 441 g/mol. The third-order valence-corrected chi connectivity index (χ3v) is 3.63. The van der Waals surface area contributed by atoms with Gasteiger partial charge in [-0.05, 0) is 24.7 Å². The molecular formula is C18H28IN5. The molecule has 0 aliphatic carbocycles. The number of nitrogens with one attached hydrogen (secondary N) is 2. The highest BCUT2D eigenvalue weighted by Gasteiger charge is 2.01. The van der Waals surface area contributed by atoms with E-state index in [2.05, 4.69) is 74.9 Å². The van der Waals surface area contributed by atoms with Gasteiger partial charge in [-0.2, -0.15) is 0 Å². The molecule has 0 bridgehead atoms. The number of hydrogen-bond donors (Lipinski definition) is 2. The first-order valence-electron chi connectivity index (χ1n) is 8.05. The van der Waals surface area contributed by atoms with Gasteiger partial charge in [0.1, 0.15) is 0 Å². The molecule has 0 radical (unpaired) electrons. The fraction of sp³-hybridized carbons (Fsp3) is 0.389. The Kier molecular flexibility index (Phi) is 10.2. The summed E-state index contributed by atoms with van der Waals surface area (Å²) in [5.41, 5.74) is 1.34. The quantitative estimate of drug-likeness (QED) is 0.376. The molecule has 0 aliphatic rings. The second-order valence-corrected chi connectivity index (χ2v) is 5.57. The summed E-state index contributed by atoms with van der Waals surface area (Å²) in [4.78, 5) is 6.56. The van der Waals surface area contributed by atoms with Gasteiger partial charge in [-0.15, -0.1) is 24.0 Å². The average Bonchev–Trinajstić information content (AvgIpc) is 3.07. The predicted molar refractivity (Wildman–Crippen MR) is 112 cm³/mol. The number of nitrogens with zero attached hydrogens (tertiary/aromatic N) is 3. The third-order valence-electron chi connectivity index (χ3n) is 3.63. The van der Waals surface area contributed by atoms with Crippen LogP contribution in [0.3, 0.4) is 0 Å². The summed E-state index contributed by atoms with van der Waals surface area (Å²) in [5.74, 6) is 0.852. The van der Waals surface area contributed by atoms with Crippen LogP contribution in [0.25, 0.3) is 0 Å². The predicted octanol–water partition coefficient (Wildman–Crippen LogP) is 2.40. The molecule has 1 heterocycles. The van der Waals surface area contributed by atoms with E-state index in [-0.39, 0.29) is 24.0 Å². The summed E-state index contributed by atoms with van der Waals surface area (Å²) in [6, 6.07) is 14.6. The second-order valence-electron chi connectivity index (χ2n) is 5.57. The summed E-state index contributed by atoms with van der Waals surface area (Å²) >= 11 is 0. The van der Waals surface area contributed by atoms with Crippen LogP contribution >= 0.6 is 24.0 Å². The maximum Gasteiger partial charge on any atom is 0.191 e. The molecule has 0 fully saturated rings. The van der Waals surface area contributed by atoms with Crippen LogP contribution in [0.5, 0.6) is 0 Å². The molecular weight excluding hydrogens is 413 g/mol. The smallest absolute Gasteiger partial charge is 0.191 e. The molecule has 2 rings (SSSR count). The van der Waals surface area contributed by atoms with E-state index in [1.807, 2.05) is 12.1 Å². The van der Waals surface area contributed by atoms with Crippen molar-refractivity contribution in [1.82, 2.24) is 20.1 Å². The summed E-state index contributed by atoms with van der Waals surface area (Å²) < 4.78 is 2.15. The van der Waals surface area contributed by atoms with Crippen LogP contribution in [0.1, 0.15) is 5.56 Å². The Morgan fingerprint density at radius 3 is 2.38 bits per heavy atom. The third kappa shape index (κ3) is 7.83. The van der Waals surface area contributed by atoms with E-state index < -0.39 is 0 Å². The van der Waals surface area contributed by atoms with Crippen molar-refractivity contribution < 1.29 is 0 Å². The lowest BCUT2D eigenvalue weighted by molar-refractivity contribution is 0.331. The Bertz CT molecular complexity index is 568. The van der Waals surface area contributed by atoms with Crippen molar-refractivity contribution in [2.24, 2.45) is 4.99 Å². The standard InChI is InChI=1S/C18H27N5.HI/c1-19-18(21-11-15-23-12-6-7-13-23)20-10-14-22(2)16-17-8-4-3-5-9-17;/h3-9,12-13H,10-11,14-16H2,1-2H3,(H2,19,20,21);1H. The summed E-state index contributed by atoms with van der Waals surface area (Å²) in [7, 11) is 3.94. The molecule has 0 atom stereocenters. The van der Waals surface area contributed by atoms with Gasteiger partial charge in [-0.3, -0.25) is 4.99 Å². The van der Waals surface area contributed by atoms with Crippen molar-refractivity contribution in [3.63, 3.8) is 0 Å². The Balaban J connectivity index is 0.00000288. The normalized spacial score (nSPS) is 11.2. The lowest BCUT2D eigenvalue weighted by Crippen LogP contribution is -2.41. The molecule has 24 heavy (non-hydrogen) atoms. The lowest BCUT2D eigenvalue weighted by Gasteiger charge is -2.18. The maximum absolute atomic E-state index is 4.25. The highest BCUT2D eigenvalue weighted by atomic mass is 127. The van der Waals surface area contributed by atoms with Crippen molar-refractivity contribution in [2.75, 3.05) is 33.7 Å². The zero-order valence-corrected chi connectivity index (χ0v) is 16.8. The molecule has 1 aromatic carbocycles. The molecule has 2 N–H and O–H groups in total. The zero-order chi connectivity index (χ0) is 16.3. The molecule has 0 amide bonds. The molecule has 0 spiro atoms. The number of halogens is 1.